The maximum Gasteiger partial charge on any atom is 0.00199 e. The lowest BCUT2D eigenvalue weighted by molar-refractivity contribution is 0.368. The summed E-state index contributed by atoms with van der Waals surface area (Å²) < 4.78 is 0. The van der Waals surface area contributed by atoms with Gasteiger partial charge in [0.25, 0.3) is 0 Å². The van der Waals surface area contributed by atoms with Gasteiger partial charge >= 0.3 is 0 Å². The largest absolute Gasteiger partial charge is 0.176 e. The van der Waals surface area contributed by atoms with Crippen LogP contribution in [-0.4, -0.2) is 6.15 Å². The molecular weight excluding hydrogens is 539 g/mol. The molecule has 0 bridgehead atoms. The highest BCUT2D eigenvalue weighted by atomic mass is 14.2. The van der Waals surface area contributed by atoms with Gasteiger partial charge in [0, 0.05) is 6.15 Å². The number of hydrogen-bond acceptors (Lipinski definition) is 0. The third-order valence-corrected chi connectivity index (χ3v) is 13.0. The summed E-state index contributed by atoms with van der Waals surface area (Å²) in [6.45, 7) is 30.0. The van der Waals surface area contributed by atoms with Crippen molar-refractivity contribution in [3.05, 3.63) is 0 Å². The van der Waals surface area contributed by atoms with Crippen LogP contribution in [0.4, 0.5) is 0 Å². The van der Waals surface area contributed by atoms with Gasteiger partial charge in [-0.05, 0) is 23.7 Å². The molecule has 0 fully saturated rings. The molecule has 0 saturated carbocycles. The standard InChI is InChI=1S/C44H92B/c1-13-21-41(17-5)29-25-37(9)33-45(34-38(10)26-30-42(18-6)22-14-2,35-39(11)27-31-43(19-7)23-15-3)36-40(12)28-32-44(20-8)24-16-4/h37-44H,13-36H2,1-12H3/q-1. The van der Waals surface area contributed by atoms with Crippen LogP contribution >= 0.6 is 0 Å². The van der Waals surface area contributed by atoms with E-state index in [1.807, 2.05) is 0 Å². The first-order valence-corrected chi connectivity index (χ1v) is 21.8. The van der Waals surface area contributed by atoms with Crippen molar-refractivity contribution < 1.29 is 0 Å². The lowest BCUT2D eigenvalue weighted by Crippen LogP contribution is -2.41. The third kappa shape index (κ3) is 21.6. The van der Waals surface area contributed by atoms with E-state index in [4.69, 9.17) is 0 Å². The second-order valence-corrected chi connectivity index (χ2v) is 17.7. The predicted octanol–water partition coefficient (Wildman–Crippen LogP) is 16.4. The first-order chi connectivity index (χ1) is 21.5. The van der Waals surface area contributed by atoms with Gasteiger partial charge in [0.1, 0.15) is 0 Å². The van der Waals surface area contributed by atoms with Crippen molar-refractivity contribution in [1.82, 2.24) is 0 Å². The van der Waals surface area contributed by atoms with Crippen LogP contribution in [0.5, 0.6) is 0 Å². The van der Waals surface area contributed by atoms with E-state index in [0.717, 1.165) is 47.3 Å². The Morgan fingerprint density at radius 2 is 0.489 bits per heavy atom. The third-order valence-electron chi connectivity index (χ3n) is 13.0. The Labute approximate surface area is 289 Å². The Morgan fingerprint density at radius 1 is 0.289 bits per heavy atom. The Kier molecular flexibility index (Phi) is 28.0. The van der Waals surface area contributed by atoms with E-state index in [-0.39, 0.29) is 6.15 Å². The van der Waals surface area contributed by atoms with Crippen LogP contribution in [0.2, 0.25) is 25.3 Å². The quantitative estimate of drug-likeness (QED) is 0.0648. The van der Waals surface area contributed by atoms with E-state index >= 15 is 0 Å². The highest BCUT2D eigenvalue weighted by Crippen LogP contribution is 2.43. The van der Waals surface area contributed by atoms with Crippen molar-refractivity contribution in [1.29, 1.82) is 0 Å². The van der Waals surface area contributed by atoms with Gasteiger partial charge in [0.2, 0.25) is 0 Å². The lowest BCUT2D eigenvalue weighted by Gasteiger charge is -2.48. The molecule has 0 nitrogen and oxygen atoms in total. The smallest absolute Gasteiger partial charge is 0.00199 e. The van der Waals surface area contributed by atoms with E-state index in [1.165, 1.54) is 128 Å². The Balaban J connectivity index is 6.14. The molecule has 0 aliphatic rings. The van der Waals surface area contributed by atoms with Crippen LogP contribution in [-0.2, 0) is 0 Å². The van der Waals surface area contributed by atoms with Gasteiger partial charge in [0.15, 0.2) is 0 Å². The summed E-state index contributed by atoms with van der Waals surface area (Å²) in [5.74, 6) is 7.36. The molecule has 1 heteroatoms. The highest BCUT2D eigenvalue weighted by molar-refractivity contribution is 6.80. The molecule has 0 aliphatic carbocycles. The average molecular weight is 632 g/mol. The fourth-order valence-corrected chi connectivity index (χ4v) is 10.4. The minimum atomic E-state index is -0.365. The molecule has 0 spiro atoms. The molecule has 0 rings (SSSR count). The monoisotopic (exact) mass is 632 g/mol. The molecule has 0 aromatic rings. The van der Waals surface area contributed by atoms with Gasteiger partial charge in [-0.15, -0.1) is 0 Å². The van der Waals surface area contributed by atoms with E-state index in [0.29, 0.717) is 0 Å². The molecule has 0 amide bonds. The number of hydrogen-bond donors (Lipinski definition) is 0. The van der Waals surface area contributed by atoms with Crippen LogP contribution in [0.1, 0.15) is 212 Å². The molecule has 0 aliphatic heterocycles. The van der Waals surface area contributed by atoms with Gasteiger partial charge in [0.05, 0.1) is 0 Å². The Hall–Kier alpha value is 0.0649. The van der Waals surface area contributed by atoms with Crippen LogP contribution in [0, 0.1) is 47.3 Å². The fraction of sp³-hybridized carbons (Fsp3) is 1.00. The molecule has 8 atom stereocenters. The maximum atomic E-state index is 2.67. The second-order valence-electron chi connectivity index (χ2n) is 17.7. The van der Waals surface area contributed by atoms with Gasteiger partial charge in [-0.3, -0.25) is 0 Å². The molecular formula is C44H92B-. The maximum absolute atomic E-state index is 2.67. The van der Waals surface area contributed by atoms with Crippen molar-refractivity contribution in [2.75, 3.05) is 0 Å². The van der Waals surface area contributed by atoms with Gasteiger partial charge < -0.3 is 0 Å². The molecule has 0 heterocycles. The average Bonchev–Trinajstić information content (AvgIpc) is 3.01. The summed E-state index contributed by atoms with van der Waals surface area (Å²) in [4.78, 5) is 0. The zero-order valence-corrected chi connectivity index (χ0v) is 34.2. The molecule has 0 N–H and O–H groups in total. The zero-order chi connectivity index (χ0) is 34.1. The summed E-state index contributed by atoms with van der Waals surface area (Å²) in [5.41, 5.74) is 0. The van der Waals surface area contributed by atoms with Crippen molar-refractivity contribution in [3.63, 3.8) is 0 Å². The Morgan fingerprint density at radius 3 is 0.644 bits per heavy atom. The minimum absolute atomic E-state index is 0.365. The molecule has 272 valence electrons. The van der Waals surface area contributed by atoms with Crippen molar-refractivity contribution in [2.24, 2.45) is 47.3 Å². The van der Waals surface area contributed by atoms with Crippen LogP contribution in [0.25, 0.3) is 0 Å². The van der Waals surface area contributed by atoms with Gasteiger partial charge in [-0.1, -0.05) is 235 Å². The lowest BCUT2D eigenvalue weighted by atomic mass is 9.14. The summed E-state index contributed by atoms with van der Waals surface area (Å²) in [6.07, 6.45) is 34.3. The van der Waals surface area contributed by atoms with E-state index in [9.17, 15) is 0 Å². The Bertz CT molecular complexity index is 517. The molecule has 45 heavy (non-hydrogen) atoms. The van der Waals surface area contributed by atoms with E-state index in [1.54, 1.807) is 25.3 Å². The first-order valence-electron chi connectivity index (χ1n) is 21.8. The summed E-state index contributed by atoms with van der Waals surface area (Å²) in [5, 5.41) is 0. The van der Waals surface area contributed by atoms with E-state index in [2.05, 4.69) is 83.1 Å². The predicted molar refractivity (Wildman–Crippen MR) is 213 cm³/mol. The topological polar surface area (TPSA) is 0 Å². The fourth-order valence-electron chi connectivity index (χ4n) is 10.4. The highest BCUT2D eigenvalue weighted by Gasteiger charge is 2.32. The normalized spacial score (nSPS) is 18.9. The number of rotatable bonds is 32. The van der Waals surface area contributed by atoms with Gasteiger partial charge in [-0.2, -0.15) is 25.3 Å². The first kappa shape index (κ1) is 45.1. The zero-order valence-electron chi connectivity index (χ0n) is 34.2. The summed E-state index contributed by atoms with van der Waals surface area (Å²) >= 11 is 0. The van der Waals surface area contributed by atoms with Crippen molar-refractivity contribution >= 4 is 6.15 Å². The molecule has 0 radical (unpaired) electrons. The molecule has 0 aromatic carbocycles. The summed E-state index contributed by atoms with van der Waals surface area (Å²) in [7, 11) is 0. The van der Waals surface area contributed by atoms with Crippen molar-refractivity contribution in [3.8, 4) is 0 Å². The van der Waals surface area contributed by atoms with Crippen molar-refractivity contribution in [2.45, 2.75) is 237 Å². The van der Waals surface area contributed by atoms with E-state index < -0.39 is 0 Å². The molecule has 8 unspecified atom stereocenters. The molecule has 0 saturated heterocycles. The van der Waals surface area contributed by atoms with Gasteiger partial charge in [-0.25, -0.2) is 0 Å². The van der Waals surface area contributed by atoms with Crippen LogP contribution in [0.3, 0.4) is 0 Å². The molecule has 0 aromatic heterocycles. The SMILES string of the molecule is CCCC(CC)CCC(C)C[B-](CC(C)CCC(CC)CCC)(CC(C)CCC(CC)CCC)CC(C)CCC(CC)CCC. The van der Waals surface area contributed by atoms with Crippen LogP contribution in [0.15, 0.2) is 0 Å². The summed E-state index contributed by atoms with van der Waals surface area (Å²) in [6, 6.07) is 0. The second kappa shape index (κ2) is 28.0. The minimum Gasteiger partial charge on any atom is -0.176 e. The van der Waals surface area contributed by atoms with Crippen LogP contribution < -0.4 is 0 Å².